The normalized spacial score (nSPS) is 12.9. The standard InChI is InChI=1S/C15H29N3O/c1-6-7-8-9-10-12(4)19-15-13(16)14(11(2)3)17-18(15)5/h11-12H,6-10,16H2,1-5H3. The molecule has 110 valence electrons. The number of aromatic nitrogens is 2. The van der Waals surface area contributed by atoms with E-state index >= 15 is 0 Å². The van der Waals surface area contributed by atoms with Crippen LogP contribution < -0.4 is 10.5 Å². The van der Waals surface area contributed by atoms with E-state index in [1.165, 1.54) is 25.7 Å². The van der Waals surface area contributed by atoms with Gasteiger partial charge in [0.15, 0.2) is 0 Å². The summed E-state index contributed by atoms with van der Waals surface area (Å²) in [4.78, 5) is 0. The highest BCUT2D eigenvalue weighted by atomic mass is 16.5. The van der Waals surface area contributed by atoms with Gasteiger partial charge in [0, 0.05) is 7.05 Å². The summed E-state index contributed by atoms with van der Waals surface area (Å²) in [6.45, 7) is 8.52. The maximum Gasteiger partial charge on any atom is 0.236 e. The van der Waals surface area contributed by atoms with Crippen molar-refractivity contribution in [2.24, 2.45) is 7.05 Å². The van der Waals surface area contributed by atoms with Gasteiger partial charge in [0.05, 0.1) is 11.8 Å². The van der Waals surface area contributed by atoms with Gasteiger partial charge >= 0.3 is 0 Å². The van der Waals surface area contributed by atoms with Crippen LogP contribution in [0.3, 0.4) is 0 Å². The molecule has 0 amide bonds. The van der Waals surface area contributed by atoms with Crippen molar-refractivity contribution in [1.82, 2.24) is 9.78 Å². The van der Waals surface area contributed by atoms with Crippen molar-refractivity contribution >= 4 is 5.69 Å². The number of nitrogens with two attached hydrogens (primary N) is 1. The Bertz CT molecular complexity index is 385. The number of hydrogen-bond donors (Lipinski definition) is 1. The van der Waals surface area contributed by atoms with Crippen LogP contribution in [0.5, 0.6) is 5.88 Å². The molecule has 0 saturated carbocycles. The van der Waals surface area contributed by atoms with Crippen molar-refractivity contribution in [3.05, 3.63) is 5.69 Å². The third-order valence-electron chi connectivity index (χ3n) is 3.38. The van der Waals surface area contributed by atoms with Crippen LogP contribution in [0.1, 0.15) is 71.4 Å². The Kier molecular flexibility index (Phi) is 6.19. The lowest BCUT2D eigenvalue weighted by atomic mass is 10.1. The van der Waals surface area contributed by atoms with Gasteiger partial charge in [-0.2, -0.15) is 5.10 Å². The van der Waals surface area contributed by atoms with Gasteiger partial charge in [0.2, 0.25) is 5.88 Å². The van der Waals surface area contributed by atoms with Gasteiger partial charge < -0.3 is 10.5 Å². The number of nitrogens with zero attached hydrogens (tertiary/aromatic N) is 2. The molecule has 0 saturated heterocycles. The minimum absolute atomic E-state index is 0.189. The fourth-order valence-corrected chi connectivity index (χ4v) is 2.22. The van der Waals surface area contributed by atoms with Crippen LogP contribution >= 0.6 is 0 Å². The summed E-state index contributed by atoms with van der Waals surface area (Å²) in [5, 5.41) is 4.44. The molecule has 0 spiro atoms. The molecule has 0 bridgehead atoms. The molecular formula is C15H29N3O. The molecule has 0 aliphatic rings. The first kappa shape index (κ1) is 15.9. The summed E-state index contributed by atoms with van der Waals surface area (Å²) < 4.78 is 7.72. The predicted molar refractivity (Wildman–Crippen MR) is 80.6 cm³/mol. The van der Waals surface area contributed by atoms with Crippen LogP contribution in [-0.4, -0.2) is 15.9 Å². The van der Waals surface area contributed by atoms with E-state index in [2.05, 4.69) is 32.8 Å². The number of anilines is 1. The molecule has 1 unspecified atom stereocenters. The molecule has 19 heavy (non-hydrogen) atoms. The smallest absolute Gasteiger partial charge is 0.236 e. The van der Waals surface area contributed by atoms with Crippen molar-refractivity contribution in [3.63, 3.8) is 0 Å². The van der Waals surface area contributed by atoms with Crippen LogP contribution in [0.2, 0.25) is 0 Å². The first-order chi connectivity index (χ1) is 8.97. The largest absolute Gasteiger partial charge is 0.473 e. The lowest BCUT2D eigenvalue weighted by molar-refractivity contribution is 0.190. The predicted octanol–water partition coefficient (Wildman–Crippen LogP) is 3.86. The first-order valence-corrected chi connectivity index (χ1v) is 7.46. The number of hydrogen-bond acceptors (Lipinski definition) is 3. The van der Waals surface area contributed by atoms with Gasteiger partial charge in [0.1, 0.15) is 5.69 Å². The lowest BCUT2D eigenvalue weighted by Gasteiger charge is -2.15. The minimum atomic E-state index is 0.189. The molecule has 1 rings (SSSR count). The molecule has 4 heteroatoms. The minimum Gasteiger partial charge on any atom is -0.473 e. The summed E-state index contributed by atoms with van der Waals surface area (Å²) in [5.74, 6) is 1.04. The van der Waals surface area contributed by atoms with E-state index in [0.717, 1.165) is 12.1 Å². The Labute approximate surface area is 117 Å². The highest BCUT2D eigenvalue weighted by molar-refractivity contribution is 5.54. The van der Waals surface area contributed by atoms with Crippen molar-refractivity contribution in [2.75, 3.05) is 5.73 Å². The second-order valence-electron chi connectivity index (χ2n) is 5.66. The van der Waals surface area contributed by atoms with Gasteiger partial charge in [-0.05, 0) is 25.7 Å². The molecule has 0 aromatic carbocycles. The van der Waals surface area contributed by atoms with E-state index in [1.807, 2.05) is 7.05 Å². The number of nitrogen functional groups attached to an aromatic ring is 1. The van der Waals surface area contributed by atoms with Crippen LogP contribution in [0.4, 0.5) is 5.69 Å². The zero-order chi connectivity index (χ0) is 14.4. The topological polar surface area (TPSA) is 53.1 Å². The van der Waals surface area contributed by atoms with Crippen molar-refractivity contribution < 1.29 is 4.74 Å². The summed E-state index contributed by atoms with van der Waals surface area (Å²) in [6.07, 6.45) is 6.32. The van der Waals surface area contributed by atoms with Crippen LogP contribution in [-0.2, 0) is 7.05 Å². The molecule has 0 radical (unpaired) electrons. The molecule has 1 heterocycles. The zero-order valence-electron chi connectivity index (χ0n) is 13.1. The molecule has 4 nitrogen and oxygen atoms in total. The molecule has 1 aromatic rings. The Hall–Kier alpha value is -1.19. The van der Waals surface area contributed by atoms with Gasteiger partial charge in [0.25, 0.3) is 0 Å². The summed E-state index contributed by atoms with van der Waals surface area (Å²) in [5.41, 5.74) is 7.74. The Morgan fingerprint density at radius 3 is 2.42 bits per heavy atom. The lowest BCUT2D eigenvalue weighted by Crippen LogP contribution is -2.14. The fraction of sp³-hybridized carbons (Fsp3) is 0.800. The van der Waals surface area contributed by atoms with Crippen molar-refractivity contribution in [2.45, 2.75) is 71.8 Å². The Morgan fingerprint density at radius 2 is 1.89 bits per heavy atom. The van der Waals surface area contributed by atoms with Crippen molar-refractivity contribution in [3.8, 4) is 5.88 Å². The van der Waals surface area contributed by atoms with E-state index in [4.69, 9.17) is 10.5 Å². The second kappa shape index (κ2) is 7.41. The number of ether oxygens (including phenoxy) is 1. The Balaban J connectivity index is 2.56. The van der Waals surface area contributed by atoms with E-state index in [-0.39, 0.29) is 6.10 Å². The Morgan fingerprint density at radius 1 is 1.21 bits per heavy atom. The first-order valence-electron chi connectivity index (χ1n) is 7.46. The monoisotopic (exact) mass is 267 g/mol. The molecule has 1 atom stereocenters. The van der Waals surface area contributed by atoms with Gasteiger partial charge in [-0.15, -0.1) is 0 Å². The molecule has 0 fully saturated rings. The summed E-state index contributed by atoms with van der Waals surface area (Å²) >= 11 is 0. The third kappa shape index (κ3) is 4.44. The van der Waals surface area contributed by atoms with Crippen LogP contribution in [0, 0.1) is 0 Å². The number of unbranched alkanes of at least 4 members (excludes halogenated alkanes) is 3. The van der Waals surface area contributed by atoms with Crippen molar-refractivity contribution in [1.29, 1.82) is 0 Å². The fourth-order valence-electron chi connectivity index (χ4n) is 2.22. The van der Waals surface area contributed by atoms with E-state index < -0.39 is 0 Å². The third-order valence-corrected chi connectivity index (χ3v) is 3.38. The average molecular weight is 267 g/mol. The highest BCUT2D eigenvalue weighted by Gasteiger charge is 2.18. The van der Waals surface area contributed by atoms with E-state index in [1.54, 1.807) is 4.68 Å². The van der Waals surface area contributed by atoms with Crippen LogP contribution in [0.25, 0.3) is 0 Å². The quantitative estimate of drug-likeness (QED) is 0.728. The molecule has 0 aliphatic heterocycles. The molecule has 2 N–H and O–H groups in total. The highest BCUT2D eigenvalue weighted by Crippen LogP contribution is 2.30. The number of rotatable bonds is 8. The second-order valence-corrected chi connectivity index (χ2v) is 5.66. The SMILES string of the molecule is CCCCCCC(C)Oc1c(N)c(C(C)C)nn1C. The maximum atomic E-state index is 6.12. The van der Waals surface area contributed by atoms with Gasteiger partial charge in [-0.1, -0.05) is 40.0 Å². The number of aryl methyl sites for hydroxylation is 1. The van der Waals surface area contributed by atoms with E-state index in [9.17, 15) is 0 Å². The van der Waals surface area contributed by atoms with Gasteiger partial charge in [-0.3, -0.25) is 0 Å². The summed E-state index contributed by atoms with van der Waals surface area (Å²) in [7, 11) is 1.89. The molecule has 0 aliphatic carbocycles. The molecule has 1 aromatic heterocycles. The van der Waals surface area contributed by atoms with E-state index in [0.29, 0.717) is 17.5 Å². The summed E-state index contributed by atoms with van der Waals surface area (Å²) in [6, 6.07) is 0. The molecular weight excluding hydrogens is 238 g/mol. The zero-order valence-corrected chi connectivity index (χ0v) is 13.1. The maximum absolute atomic E-state index is 6.12. The van der Waals surface area contributed by atoms with Crippen LogP contribution in [0.15, 0.2) is 0 Å². The van der Waals surface area contributed by atoms with Gasteiger partial charge in [-0.25, -0.2) is 4.68 Å². The average Bonchev–Trinajstić information content (AvgIpc) is 2.63.